The van der Waals surface area contributed by atoms with Crippen molar-refractivity contribution in [3.8, 4) is 11.3 Å². The average molecular weight is 490 g/mol. The van der Waals surface area contributed by atoms with E-state index in [9.17, 15) is 36.2 Å². The second-order valence-corrected chi connectivity index (χ2v) is 8.20. The van der Waals surface area contributed by atoms with Crippen molar-refractivity contribution in [2.75, 3.05) is 12.8 Å². The summed E-state index contributed by atoms with van der Waals surface area (Å²) in [4.78, 5) is 19.4. The van der Waals surface area contributed by atoms with E-state index < -0.39 is 46.4 Å². The number of ether oxygens (including phenoxy) is 1. The quantitative estimate of drug-likeness (QED) is 0.419. The molecule has 7 nitrogen and oxygen atoms in total. The van der Waals surface area contributed by atoms with Gasteiger partial charge in [-0.15, -0.1) is 0 Å². The van der Waals surface area contributed by atoms with Gasteiger partial charge in [-0.1, -0.05) is 12.1 Å². The van der Waals surface area contributed by atoms with Crippen LogP contribution in [0, 0.1) is 12.3 Å². The number of aryl methyl sites for hydroxylation is 1. The van der Waals surface area contributed by atoms with Gasteiger partial charge < -0.3 is 15.6 Å². The second-order valence-electron chi connectivity index (χ2n) is 8.20. The Morgan fingerprint density at radius 2 is 1.76 bits per heavy atom. The Kier molecular flexibility index (Phi) is 5.84. The van der Waals surface area contributed by atoms with Gasteiger partial charge in [0.15, 0.2) is 17.2 Å². The molecule has 0 bridgehead atoms. The fraction of sp³-hybridized carbons (Fsp3) is 0.381. The number of aliphatic hydroxyl groups is 1. The third-order valence-corrected chi connectivity index (χ3v) is 5.75. The monoisotopic (exact) mass is 490 g/mol. The van der Waals surface area contributed by atoms with Crippen molar-refractivity contribution in [2.45, 2.75) is 38.7 Å². The summed E-state index contributed by atoms with van der Waals surface area (Å²) in [6.45, 7) is 3.26. The van der Waals surface area contributed by atoms with Crippen molar-refractivity contribution in [3.05, 3.63) is 47.4 Å². The maximum absolute atomic E-state index is 14.2. The molecule has 0 aliphatic rings. The number of hydrogen-bond acceptors (Lipinski definition) is 6. The predicted octanol–water partition coefficient (Wildman–Crippen LogP) is 4.25. The highest BCUT2D eigenvalue weighted by Gasteiger charge is 2.67. The first-order valence-corrected chi connectivity index (χ1v) is 9.66. The predicted molar refractivity (Wildman–Crippen MR) is 108 cm³/mol. The summed E-state index contributed by atoms with van der Waals surface area (Å²) >= 11 is 0. The zero-order chi connectivity index (χ0) is 25.9. The van der Waals surface area contributed by atoms with Gasteiger partial charge in [0.25, 0.3) is 0 Å². The van der Waals surface area contributed by atoms with Gasteiger partial charge in [-0.25, -0.2) is 9.97 Å². The number of carbonyl (C=O) groups is 1. The highest BCUT2D eigenvalue weighted by atomic mass is 19.4. The summed E-state index contributed by atoms with van der Waals surface area (Å²) < 4.78 is 87.9. The number of imidazole rings is 1. The molecule has 0 spiro atoms. The Bertz CT molecular complexity index is 1270. The van der Waals surface area contributed by atoms with Crippen LogP contribution in [-0.4, -0.2) is 38.7 Å². The molecular weight excluding hydrogens is 470 g/mol. The number of carbonyl (C=O) groups excluding carboxylic acids is 1. The normalized spacial score (nSPS) is 14.8. The summed E-state index contributed by atoms with van der Waals surface area (Å²) in [5.74, 6) is -1.86. The molecule has 1 atom stereocenters. The molecule has 0 aliphatic carbocycles. The van der Waals surface area contributed by atoms with E-state index in [1.54, 1.807) is 0 Å². The number of hydrogen-bond donors (Lipinski definition) is 2. The molecule has 3 N–H and O–H groups in total. The van der Waals surface area contributed by atoms with Crippen molar-refractivity contribution >= 4 is 17.4 Å². The molecule has 184 valence electrons. The van der Waals surface area contributed by atoms with Crippen LogP contribution in [0.25, 0.3) is 16.9 Å². The first-order valence-electron chi connectivity index (χ1n) is 9.66. The minimum atomic E-state index is -5.32. The smallest absolute Gasteiger partial charge is 0.434 e. The van der Waals surface area contributed by atoms with Crippen LogP contribution in [0.2, 0.25) is 0 Å². The molecule has 0 fully saturated rings. The number of rotatable bonds is 4. The van der Waals surface area contributed by atoms with E-state index in [1.165, 1.54) is 13.0 Å². The Balaban J connectivity index is 2.33. The lowest BCUT2D eigenvalue weighted by Crippen LogP contribution is -2.57. The van der Waals surface area contributed by atoms with E-state index in [0.717, 1.165) is 43.7 Å². The molecule has 0 radical (unpaired) electrons. The van der Waals surface area contributed by atoms with Gasteiger partial charge in [-0.2, -0.15) is 26.3 Å². The van der Waals surface area contributed by atoms with E-state index in [0.29, 0.717) is 11.8 Å². The van der Waals surface area contributed by atoms with E-state index in [-0.39, 0.29) is 16.9 Å². The third kappa shape index (κ3) is 3.73. The van der Waals surface area contributed by atoms with E-state index >= 15 is 0 Å². The van der Waals surface area contributed by atoms with Gasteiger partial charge in [0.1, 0.15) is 5.41 Å². The van der Waals surface area contributed by atoms with Gasteiger partial charge in [0, 0.05) is 11.8 Å². The molecule has 0 saturated heterocycles. The van der Waals surface area contributed by atoms with Gasteiger partial charge in [-0.3, -0.25) is 9.20 Å². The lowest BCUT2D eigenvalue weighted by atomic mass is 9.69. The zero-order valence-corrected chi connectivity index (χ0v) is 18.3. The van der Waals surface area contributed by atoms with Gasteiger partial charge in [-0.05, 0) is 38.0 Å². The molecule has 2 heterocycles. The minimum Gasteiger partial charge on any atom is -0.469 e. The fourth-order valence-corrected chi connectivity index (χ4v) is 3.75. The van der Waals surface area contributed by atoms with Gasteiger partial charge in [0.2, 0.25) is 5.60 Å². The first-order chi connectivity index (χ1) is 15.5. The lowest BCUT2D eigenvalue weighted by molar-refractivity contribution is -0.303. The van der Waals surface area contributed by atoms with Crippen LogP contribution >= 0.6 is 0 Å². The highest BCUT2D eigenvalue weighted by Crippen LogP contribution is 2.52. The number of fused-ring (bicyclic) bond motifs is 1. The van der Waals surface area contributed by atoms with Crippen LogP contribution in [0.15, 0.2) is 30.6 Å². The van der Waals surface area contributed by atoms with Crippen LogP contribution in [0.4, 0.5) is 32.2 Å². The fourth-order valence-electron chi connectivity index (χ4n) is 3.75. The minimum absolute atomic E-state index is 0.0204. The Morgan fingerprint density at radius 1 is 1.15 bits per heavy atom. The van der Waals surface area contributed by atoms with Crippen molar-refractivity contribution < 1.29 is 41.0 Å². The van der Waals surface area contributed by atoms with Crippen LogP contribution in [0.1, 0.15) is 30.7 Å². The van der Waals surface area contributed by atoms with Crippen LogP contribution in [0.3, 0.4) is 0 Å². The number of methoxy groups -OCH3 is 1. The Morgan fingerprint density at radius 3 is 2.29 bits per heavy atom. The van der Waals surface area contributed by atoms with Crippen LogP contribution < -0.4 is 5.73 Å². The lowest BCUT2D eigenvalue weighted by Gasteiger charge is -2.42. The number of nitrogens with zero attached hydrogens (tertiary/aromatic N) is 3. The average Bonchev–Trinajstić information content (AvgIpc) is 3.15. The molecule has 13 heteroatoms. The van der Waals surface area contributed by atoms with Gasteiger partial charge in [0.05, 0.1) is 19.0 Å². The molecule has 34 heavy (non-hydrogen) atoms. The zero-order valence-electron chi connectivity index (χ0n) is 18.3. The molecule has 3 rings (SSSR count). The molecular formula is C21H20F6N4O3. The standard InChI is InChI=1S/C21H20F6N4O3/c1-10-5-6-11(19(33,21(25,26)27)18(2,3)17(32)34-4)7-12(10)13-8-29-16-15(28)30-14(9-31(13)16)20(22,23)24/h5-9,33H,1-4H3,(H2,28,30). The number of nitrogen functional groups attached to an aromatic ring is 1. The van der Waals surface area contributed by atoms with Crippen molar-refractivity contribution in [2.24, 2.45) is 5.41 Å². The molecule has 0 amide bonds. The highest BCUT2D eigenvalue weighted by molar-refractivity contribution is 5.79. The maximum atomic E-state index is 14.2. The number of halogens is 6. The van der Waals surface area contributed by atoms with Gasteiger partial charge >= 0.3 is 18.3 Å². The third-order valence-electron chi connectivity index (χ3n) is 5.75. The van der Waals surface area contributed by atoms with E-state index in [2.05, 4.69) is 14.7 Å². The summed E-state index contributed by atoms with van der Waals surface area (Å²) in [6.07, 6.45) is -8.43. The van der Waals surface area contributed by atoms with Crippen molar-refractivity contribution in [1.82, 2.24) is 14.4 Å². The van der Waals surface area contributed by atoms with Crippen LogP contribution in [-0.2, 0) is 21.3 Å². The Hall–Kier alpha value is -3.35. The van der Waals surface area contributed by atoms with E-state index in [1.807, 2.05) is 0 Å². The molecule has 3 aromatic rings. The molecule has 0 saturated carbocycles. The second kappa shape index (κ2) is 7.86. The molecule has 1 unspecified atom stereocenters. The first kappa shape index (κ1) is 25.3. The number of benzene rings is 1. The van der Waals surface area contributed by atoms with Crippen molar-refractivity contribution in [3.63, 3.8) is 0 Å². The van der Waals surface area contributed by atoms with Crippen LogP contribution in [0.5, 0.6) is 0 Å². The van der Waals surface area contributed by atoms with E-state index in [4.69, 9.17) is 5.73 Å². The number of nitrogens with two attached hydrogens (primary N) is 1. The molecule has 1 aromatic carbocycles. The summed E-state index contributed by atoms with van der Waals surface area (Å²) in [5.41, 5.74) is -2.42. The molecule has 0 aliphatic heterocycles. The number of esters is 1. The number of alkyl halides is 6. The molecule has 2 aromatic heterocycles. The summed E-state index contributed by atoms with van der Waals surface area (Å²) in [7, 11) is 0.885. The Labute approximate surface area is 189 Å². The summed E-state index contributed by atoms with van der Waals surface area (Å²) in [5, 5.41) is 10.9. The topological polar surface area (TPSA) is 103 Å². The SMILES string of the molecule is COC(=O)C(C)(C)C(O)(c1ccc(C)c(-c2cnc3c(N)nc(C(F)(F)F)cn23)c1)C(F)(F)F. The largest absolute Gasteiger partial charge is 0.469 e. The maximum Gasteiger partial charge on any atom is 0.434 e. The summed E-state index contributed by atoms with van der Waals surface area (Å²) in [6, 6.07) is 3.17. The number of anilines is 1. The van der Waals surface area contributed by atoms with Crippen molar-refractivity contribution in [1.29, 1.82) is 0 Å². The number of aromatic nitrogens is 3.